The molecule has 98 valence electrons. The van der Waals surface area contributed by atoms with E-state index in [2.05, 4.69) is 10.1 Å². The molecule has 1 aromatic rings. The Hall–Kier alpha value is -1.75. The maximum absolute atomic E-state index is 11.5. The molecule has 18 heavy (non-hydrogen) atoms. The van der Waals surface area contributed by atoms with Gasteiger partial charge in [-0.3, -0.25) is 10.1 Å². The minimum absolute atomic E-state index is 0.0772. The Bertz CT molecular complexity index is 398. The van der Waals surface area contributed by atoms with Crippen LogP contribution in [0.15, 0.2) is 30.3 Å². The van der Waals surface area contributed by atoms with Crippen molar-refractivity contribution in [2.75, 3.05) is 5.88 Å². The molecule has 0 unspecified atom stereocenters. The first-order valence-corrected chi connectivity index (χ1v) is 5.79. The van der Waals surface area contributed by atoms with E-state index in [-0.39, 0.29) is 19.0 Å². The topological polar surface area (TPSA) is 64.6 Å². The molecule has 1 atom stereocenters. The number of rotatable bonds is 6. The van der Waals surface area contributed by atoms with Crippen LogP contribution in [0.5, 0.6) is 0 Å². The van der Waals surface area contributed by atoms with Gasteiger partial charge in [-0.2, -0.15) is 0 Å². The number of nitrogens with one attached hydrogen (secondary N) is 1. The van der Waals surface area contributed by atoms with Gasteiger partial charge in [0.2, 0.25) is 0 Å². The summed E-state index contributed by atoms with van der Waals surface area (Å²) in [5.74, 6) is -0.0772. The van der Waals surface area contributed by atoms with E-state index < -0.39 is 11.8 Å². The van der Waals surface area contributed by atoms with E-state index >= 15 is 0 Å². The van der Waals surface area contributed by atoms with E-state index in [1.165, 1.54) is 6.92 Å². The van der Waals surface area contributed by atoms with Crippen molar-refractivity contribution in [1.29, 1.82) is 0 Å². The van der Waals surface area contributed by atoms with E-state index in [1.54, 1.807) is 0 Å². The zero-order chi connectivity index (χ0) is 13.4. The van der Waals surface area contributed by atoms with Crippen LogP contribution in [0, 0.1) is 0 Å². The highest BCUT2D eigenvalue weighted by molar-refractivity contribution is 6.18. The highest BCUT2D eigenvalue weighted by atomic mass is 35.5. The Kier molecular flexibility index (Phi) is 5.45. The number of carbonyl (C=O) groups is 2. The molecular formula is C12H14ClNO4. The Balaban J connectivity index is 2.44. The lowest BCUT2D eigenvalue weighted by Gasteiger charge is -2.25. The van der Waals surface area contributed by atoms with Gasteiger partial charge < -0.3 is 9.47 Å². The molecule has 0 radical (unpaired) electrons. The third-order valence-electron chi connectivity index (χ3n) is 2.14. The second-order valence-electron chi connectivity index (χ2n) is 3.77. The molecule has 0 heterocycles. The van der Waals surface area contributed by atoms with Gasteiger partial charge in [-0.05, 0) is 12.5 Å². The summed E-state index contributed by atoms with van der Waals surface area (Å²) in [6.07, 6.45) is -0.705. The van der Waals surface area contributed by atoms with Gasteiger partial charge in [0.05, 0.1) is 5.88 Å². The van der Waals surface area contributed by atoms with Crippen LogP contribution < -0.4 is 5.32 Å². The summed E-state index contributed by atoms with van der Waals surface area (Å²) >= 11 is 5.59. The van der Waals surface area contributed by atoms with Crippen LogP contribution in [-0.4, -0.2) is 24.2 Å². The van der Waals surface area contributed by atoms with Crippen molar-refractivity contribution < 1.29 is 19.1 Å². The molecule has 5 nitrogen and oxygen atoms in total. The molecule has 0 spiro atoms. The number of ether oxygens (including phenoxy) is 2. The molecule has 1 N–H and O–H groups in total. The second-order valence-corrected chi connectivity index (χ2v) is 4.03. The lowest BCUT2D eigenvalue weighted by Crippen LogP contribution is -2.49. The van der Waals surface area contributed by atoms with Crippen LogP contribution in [0.3, 0.4) is 0 Å². The maximum atomic E-state index is 11.5. The van der Waals surface area contributed by atoms with Crippen molar-refractivity contribution in [2.45, 2.75) is 19.3 Å². The minimum Gasteiger partial charge on any atom is -0.445 e. The quantitative estimate of drug-likeness (QED) is 0.488. The molecule has 1 rings (SSSR count). The van der Waals surface area contributed by atoms with Gasteiger partial charge in [-0.1, -0.05) is 30.3 Å². The molecule has 1 aromatic carbocycles. The van der Waals surface area contributed by atoms with Gasteiger partial charge in [0.1, 0.15) is 6.61 Å². The molecule has 0 fully saturated rings. The summed E-state index contributed by atoms with van der Waals surface area (Å²) in [7, 11) is 0. The van der Waals surface area contributed by atoms with Crippen molar-refractivity contribution >= 4 is 24.2 Å². The number of carbonyl (C=O) groups excluding carboxylic acids is 2. The number of halogens is 1. The standard InChI is InChI=1S/C12H14ClNO4/c1-12(8-13,18-9-15)14-11(16)17-7-10-5-3-2-4-6-10/h2-6,9H,7-8H2,1H3,(H,14,16)/t12-/m0/s1. The van der Waals surface area contributed by atoms with E-state index in [0.717, 1.165) is 5.56 Å². The predicted molar refractivity (Wildman–Crippen MR) is 66.0 cm³/mol. The zero-order valence-electron chi connectivity index (χ0n) is 9.89. The summed E-state index contributed by atoms with van der Waals surface area (Å²) < 4.78 is 9.64. The predicted octanol–water partition coefficient (Wildman–Crippen LogP) is 2.04. The number of benzene rings is 1. The van der Waals surface area contributed by atoms with E-state index in [0.29, 0.717) is 0 Å². The normalized spacial score (nSPS) is 13.2. The number of hydrogen-bond donors (Lipinski definition) is 1. The average Bonchev–Trinajstić information content (AvgIpc) is 2.38. The maximum Gasteiger partial charge on any atom is 0.410 e. The Morgan fingerprint density at radius 1 is 1.44 bits per heavy atom. The molecule has 0 saturated heterocycles. The van der Waals surface area contributed by atoms with Gasteiger partial charge >= 0.3 is 6.09 Å². The fraction of sp³-hybridized carbons (Fsp3) is 0.333. The number of amides is 1. The van der Waals surface area contributed by atoms with Crippen LogP contribution >= 0.6 is 11.6 Å². The Morgan fingerprint density at radius 3 is 2.67 bits per heavy atom. The number of alkyl halides is 1. The van der Waals surface area contributed by atoms with E-state index in [9.17, 15) is 9.59 Å². The first-order valence-electron chi connectivity index (χ1n) is 5.26. The fourth-order valence-electron chi connectivity index (χ4n) is 1.18. The van der Waals surface area contributed by atoms with Crippen molar-refractivity contribution in [1.82, 2.24) is 5.32 Å². The van der Waals surface area contributed by atoms with Crippen LogP contribution in [-0.2, 0) is 20.9 Å². The lowest BCUT2D eigenvalue weighted by molar-refractivity contribution is -0.141. The van der Waals surface area contributed by atoms with Crippen molar-refractivity contribution in [3.63, 3.8) is 0 Å². The molecule has 0 aliphatic heterocycles. The van der Waals surface area contributed by atoms with Crippen molar-refractivity contribution in [3.05, 3.63) is 35.9 Å². The first kappa shape index (κ1) is 14.3. The molecule has 0 saturated carbocycles. The largest absolute Gasteiger partial charge is 0.445 e. The monoisotopic (exact) mass is 271 g/mol. The zero-order valence-corrected chi connectivity index (χ0v) is 10.6. The molecule has 6 heteroatoms. The highest BCUT2D eigenvalue weighted by Gasteiger charge is 2.27. The van der Waals surface area contributed by atoms with Gasteiger partial charge in [0.25, 0.3) is 6.47 Å². The van der Waals surface area contributed by atoms with Crippen LogP contribution in [0.4, 0.5) is 4.79 Å². The molecular weight excluding hydrogens is 258 g/mol. The van der Waals surface area contributed by atoms with Crippen LogP contribution in [0.2, 0.25) is 0 Å². The van der Waals surface area contributed by atoms with Gasteiger partial charge in [0, 0.05) is 0 Å². The third kappa shape index (κ3) is 4.63. The average molecular weight is 272 g/mol. The van der Waals surface area contributed by atoms with Crippen LogP contribution in [0.25, 0.3) is 0 Å². The summed E-state index contributed by atoms with van der Waals surface area (Å²) in [5.41, 5.74) is -0.409. The molecule has 0 aliphatic carbocycles. The minimum atomic E-state index is -1.27. The number of alkyl carbamates (subject to hydrolysis) is 1. The third-order valence-corrected chi connectivity index (χ3v) is 2.65. The summed E-state index contributed by atoms with van der Waals surface area (Å²) in [6, 6.07) is 9.21. The Morgan fingerprint density at radius 2 is 2.11 bits per heavy atom. The van der Waals surface area contributed by atoms with E-state index in [4.69, 9.17) is 16.3 Å². The van der Waals surface area contributed by atoms with Gasteiger partial charge in [-0.25, -0.2) is 4.79 Å². The van der Waals surface area contributed by atoms with Gasteiger partial charge in [-0.15, -0.1) is 11.6 Å². The van der Waals surface area contributed by atoms with Crippen LogP contribution in [0.1, 0.15) is 12.5 Å². The molecule has 0 aromatic heterocycles. The first-order chi connectivity index (χ1) is 8.59. The van der Waals surface area contributed by atoms with Crippen molar-refractivity contribution in [3.8, 4) is 0 Å². The fourth-order valence-corrected chi connectivity index (χ4v) is 1.31. The van der Waals surface area contributed by atoms with Gasteiger partial charge in [0.15, 0.2) is 5.72 Å². The molecule has 1 amide bonds. The summed E-state index contributed by atoms with van der Waals surface area (Å²) in [4.78, 5) is 21.7. The highest BCUT2D eigenvalue weighted by Crippen LogP contribution is 2.08. The lowest BCUT2D eigenvalue weighted by atomic mass is 10.2. The van der Waals surface area contributed by atoms with Crippen molar-refractivity contribution in [2.24, 2.45) is 0 Å². The summed E-state index contributed by atoms with van der Waals surface area (Å²) in [6.45, 7) is 1.82. The summed E-state index contributed by atoms with van der Waals surface area (Å²) in [5, 5.41) is 2.37. The Labute approximate surface area is 110 Å². The smallest absolute Gasteiger partial charge is 0.410 e. The second kappa shape index (κ2) is 6.86. The molecule has 0 bridgehead atoms. The molecule has 0 aliphatic rings. The van der Waals surface area contributed by atoms with E-state index in [1.807, 2.05) is 30.3 Å². The SMILES string of the molecule is C[C@](CCl)(NC(=O)OCc1ccccc1)OC=O. The number of hydrogen-bond acceptors (Lipinski definition) is 4.